The molecule has 4 nitrogen and oxygen atoms in total. The molecule has 0 fully saturated rings. The van der Waals surface area contributed by atoms with Crippen LogP contribution < -0.4 is 0 Å². The lowest BCUT2D eigenvalue weighted by atomic mass is 9.68. The van der Waals surface area contributed by atoms with Gasteiger partial charge in [-0.05, 0) is 24.7 Å². The monoisotopic (exact) mass is 398 g/mol. The Morgan fingerprint density at radius 2 is 1.11 bits per heavy atom. The number of unbranched alkanes of at least 4 members (excludes halogenated alkanes) is 4. The van der Waals surface area contributed by atoms with Crippen molar-refractivity contribution in [2.24, 2.45) is 17.3 Å². The highest BCUT2D eigenvalue weighted by Crippen LogP contribution is 2.42. The molecule has 0 bridgehead atoms. The highest BCUT2D eigenvalue weighted by Gasteiger charge is 2.43. The summed E-state index contributed by atoms with van der Waals surface area (Å²) in [4.78, 5) is 24.1. The summed E-state index contributed by atoms with van der Waals surface area (Å²) in [5.41, 5.74) is -1.12. The van der Waals surface area contributed by atoms with Crippen molar-refractivity contribution in [3.8, 4) is 0 Å². The van der Waals surface area contributed by atoms with Crippen molar-refractivity contribution in [1.82, 2.24) is 0 Å². The topological polar surface area (TPSA) is 74.6 Å². The van der Waals surface area contributed by atoms with Crippen LogP contribution in [-0.4, -0.2) is 22.2 Å². The summed E-state index contributed by atoms with van der Waals surface area (Å²) in [6.07, 6.45) is 13.7. The van der Waals surface area contributed by atoms with Crippen LogP contribution in [0.4, 0.5) is 0 Å². The minimum absolute atomic E-state index is 0.246. The molecule has 0 radical (unpaired) electrons. The zero-order valence-corrected chi connectivity index (χ0v) is 19.0. The Bertz CT molecular complexity index is 397. The van der Waals surface area contributed by atoms with Crippen LogP contribution in [0.15, 0.2) is 0 Å². The van der Waals surface area contributed by atoms with Gasteiger partial charge < -0.3 is 10.2 Å². The highest BCUT2D eigenvalue weighted by molar-refractivity contribution is 5.81. The second-order valence-electron chi connectivity index (χ2n) is 8.87. The summed E-state index contributed by atoms with van der Waals surface area (Å²) in [5.74, 6) is -1.26. The van der Waals surface area contributed by atoms with Crippen LogP contribution in [0.5, 0.6) is 0 Å². The van der Waals surface area contributed by atoms with E-state index in [9.17, 15) is 19.8 Å². The van der Waals surface area contributed by atoms with E-state index in [1.165, 1.54) is 0 Å². The van der Waals surface area contributed by atoms with Gasteiger partial charge in [-0.3, -0.25) is 9.59 Å². The van der Waals surface area contributed by atoms with Crippen molar-refractivity contribution in [2.45, 2.75) is 124 Å². The van der Waals surface area contributed by atoms with E-state index in [-0.39, 0.29) is 6.42 Å². The molecule has 166 valence electrons. The fraction of sp³-hybridized carbons (Fsp3) is 0.917. The number of rotatable bonds is 19. The number of carbonyl (C=O) groups is 2. The second kappa shape index (κ2) is 15.8. The van der Waals surface area contributed by atoms with Crippen LogP contribution in [-0.2, 0) is 9.59 Å². The first-order valence-corrected chi connectivity index (χ1v) is 11.8. The Hall–Kier alpha value is -1.06. The lowest BCUT2D eigenvalue weighted by Gasteiger charge is -2.35. The first-order chi connectivity index (χ1) is 13.3. The maximum atomic E-state index is 12.4. The average Bonchev–Trinajstić information content (AvgIpc) is 2.61. The number of aliphatic carboxylic acids is 2. The lowest BCUT2D eigenvalue weighted by molar-refractivity contribution is -0.158. The molecule has 0 aromatic heterocycles. The molecule has 2 atom stereocenters. The second-order valence-corrected chi connectivity index (χ2v) is 8.87. The SMILES string of the molecule is CCCCCC(CCC)CC(CC(=O)O)(CC(CCC)CCCCC)C(=O)O. The molecule has 0 aliphatic heterocycles. The van der Waals surface area contributed by atoms with Gasteiger partial charge in [0.05, 0.1) is 11.8 Å². The van der Waals surface area contributed by atoms with Gasteiger partial charge in [-0.25, -0.2) is 0 Å². The maximum Gasteiger partial charge on any atom is 0.310 e. The third-order valence-electron chi connectivity index (χ3n) is 6.13. The molecule has 0 aromatic rings. The van der Waals surface area contributed by atoms with Gasteiger partial charge in [0.25, 0.3) is 0 Å². The number of carboxylic acids is 2. The van der Waals surface area contributed by atoms with E-state index >= 15 is 0 Å². The third-order valence-corrected chi connectivity index (χ3v) is 6.13. The molecule has 0 saturated carbocycles. The molecule has 0 spiro atoms. The number of hydrogen-bond acceptors (Lipinski definition) is 2. The van der Waals surface area contributed by atoms with Crippen LogP contribution in [0.3, 0.4) is 0 Å². The summed E-state index contributed by atoms with van der Waals surface area (Å²) >= 11 is 0. The van der Waals surface area contributed by atoms with Gasteiger partial charge in [0.2, 0.25) is 0 Å². The first kappa shape index (κ1) is 26.9. The van der Waals surface area contributed by atoms with Gasteiger partial charge in [-0.1, -0.05) is 105 Å². The summed E-state index contributed by atoms with van der Waals surface area (Å²) in [6, 6.07) is 0. The molecule has 4 heteroatoms. The molecular weight excluding hydrogens is 352 g/mol. The largest absolute Gasteiger partial charge is 0.481 e. The Morgan fingerprint density at radius 1 is 0.679 bits per heavy atom. The van der Waals surface area contributed by atoms with Crippen LogP contribution in [0.1, 0.15) is 124 Å². The van der Waals surface area contributed by atoms with Crippen molar-refractivity contribution in [2.75, 3.05) is 0 Å². The quantitative estimate of drug-likeness (QED) is 0.224. The highest BCUT2D eigenvalue weighted by atomic mass is 16.4. The minimum atomic E-state index is -1.12. The number of hydrogen-bond donors (Lipinski definition) is 2. The van der Waals surface area contributed by atoms with Crippen molar-refractivity contribution in [3.63, 3.8) is 0 Å². The van der Waals surface area contributed by atoms with Gasteiger partial charge in [0.1, 0.15) is 0 Å². The van der Waals surface area contributed by atoms with Crippen molar-refractivity contribution in [3.05, 3.63) is 0 Å². The Balaban J connectivity index is 5.49. The standard InChI is InChI=1S/C24H46O4/c1-5-9-11-15-20(13-7-3)17-24(23(27)28,19-22(25)26)18-21(14-8-4)16-12-10-6-2/h20-21H,5-19H2,1-4H3,(H,25,26)(H,27,28). The van der Waals surface area contributed by atoms with Crippen molar-refractivity contribution >= 4 is 11.9 Å². The predicted molar refractivity (Wildman–Crippen MR) is 117 cm³/mol. The molecule has 0 aromatic carbocycles. The molecule has 0 rings (SSSR count). The van der Waals surface area contributed by atoms with Crippen LogP contribution in [0.25, 0.3) is 0 Å². The Labute approximate surface area is 173 Å². The summed E-state index contributed by atoms with van der Waals surface area (Å²) < 4.78 is 0. The third kappa shape index (κ3) is 11.1. The van der Waals surface area contributed by atoms with Crippen LogP contribution in [0.2, 0.25) is 0 Å². The molecular formula is C24H46O4. The number of carboxylic acid groups (broad SMARTS) is 2. The van der Waals surface area contributed by atoms with E-state index in [1.807, 2.05) is 0 Å². The summed E-state index contributed by atoms with van der Waals surface area (Å²) in [7, 11) is 0. The van der Waals surface area contributed by atoms with Crippen molar-refractivity contribution < 1.29 is 19.8 Å². The normalized spacial score (nSPS) is 15.7. The molecule has 2 N–H and O–H groups in total. The van der Waals surface area contributed by atoms with Crippen LogP contribution >= 0.6 is 0 Å². The molecule has 0 amide bonds. The zero-order valence-electron chi connectivity index (χ0n) is 19.0. The summed E-state index contributed by atoms with van der Waals surface area (Å²) in [5, 5.41) is 19.7. The lowest BCUT2D eigenvalue weighted by Crippen LogP contribution is -2.38. The van der Waals surface area contributed by atoms with Gasteiger partial charge in [0.15, 0.2) is 0 Å². The Morgan fingerprint density at radius 3 is 1.39 bits per heavy atom. The predicted octanol–water partition coefficient (Wildman–Crippen LogP) is 7.31. The van der Waals surface area contributed by atoms with E-state index < -0.39 is 17.4 Å². The molecule has 0 saturated heterocycles. The van der Waals surface area contributed by atoms with Crippen LogP contribution in [0, 0.1) is 17.3 Å². The molecule has 0 aliphatic carbocycles. The summed E-state index contributed by atoms with van der Waals surface area (Å²) in [6.45, 7) is 8.62. The Kier molecular flexibility index (Phi) is 15.2. The van der Waals surface area contributed by atoms with Gasteiger partial charge >= 0.3 is 11.9 Å². The fourth-order valence-corrected chi connectivity index (χ4v) is 4.75. The average molecular weight is 399 g/mol. The first-order valence-electron chi connectivity index (χ1n) is 11.8. The molecule has 0 aliphatic rings. The zero-order chi connectivity index (χ0) is 21.4. The van der Waals surface area contributed by atoms with E-state index in [0.717, 1.165) is 77.0 Å². The van der Waals surface area contributed by atoms with Gasteiger partial charge in [0, 0.05) is 0 Å². The van der Waals surface area contributed by atoms with E-state index in [4.69, 9.17) is 0 Å². The van der Waals surface area contributed by atoms with E-state index in [1.54, 1.807) is 0 Å². The molecule has 0 heterocycles. The maximum absolute atomic E-state index is 12.4. The van der Waals surface area contributed by atoms with Crippen molar-refractivity contribution in [1.29, 1.82) is 0 Å². The van der Waals surface area contributed by atoms with E-state index in [0.29, 0.717) is 24.7 Å². The van der Waals surface area contributed by atoms with E-state index in [2.05, 4.69) is 27.7 Å². The smallest absolute Gasteiger partial charge is 0.310 e. The van der Waals surface area contributed by atoms with Gasteiger partial charge in [-0.2, -0.15) is 0 Å². The van der Waals surface area contributed by atoms with Gasteiger partial charge in [-0.15, -0.1) is 0 Å². The molecule has 28 heavy (non-hydrogen) atoms. The minimum Gasteiger partial charge on any atom is -0.481 e. The fourth-order valence-electron chi connectivity index (χ4n) is 4.75. The molecule has 2 unspecified atom stereocenters.